The first-order valence-electron chi connectivity index (χ1n) is 2.91. The van der Waals surface area contributed by atoms with Gasteiger partial charge >= 0.3 is 6.61 Å². The predicted molar refractivity (Wildman–Crippen MR) is 36.9 cm³/mol. The van der Waals surface area contributed by atoms with Crippen molar-refractivity contribution in [3.63, 3.8) is 0 Å². The van der Waals surface area contributed by atoms with Crippen LogP contribution in [-0.2, 0) is 0 Å². The fourth-order valence-corrected chi connectivity index (χ4v) is 0.713. The number of alkyl halides is 2. The van der Waals surface area contributed by atoms with Gasteiger partial charge in [0.1, 0.15) is 11.6 Å². The molecule has 1 aromatic carbocycles. The lowest BCUT2D eigenvalue weighted by atomic mass is 10.3. The molecule has 12 heavy (non-hydrogen) atoms. The molecule has 0 aliphatic rings. The Hall–Kier alpha value is -0.900. The first-order valence-corrected chi connectivity index (χ1v) is 3.29. The van der Waals surface area contributed by atoms with E-state index in [0.717, 1.165) is 12.1 Å². The van der Waals surface area contributed by atoms with Crippen LogP contribution in [0.5, 0.6) is 5.75 Å². The average Bonchev–Trinajstić information content (AvgIpc) is 1.96. The van der Waals surface area contributed by atoms with Crippen molar-refractivity contribution in [2.24, 2.45) is 0 Å². The highest BCUT2D eigenvalue weighted by atomic mass is 35.5. The summed E-state index contributed by atoms with van der Waals surface area (Å²) in [6.07, 6.45) is 0. The summed E-state index contributed by atoms with van der Waals surface area (Å²) >= 11 is 5.24. The van der Waals surface area contributed by atoms with Gasteiger partial charge in [-0.3, -0.25) is 0 Å². The molecular weight excluding hydrogens is 193 g/mol. The Morgan fingerprint density at radius 3 is 2.67 bits per heavy atom. The molecule has 0 spiro atoms. The maximum atomic E-state index is 12.5. The molecule has 1 nitrogen and oxygen atoms in total. The van der Waals surface area contributed by atoms with Crippen molar-refractivity contribution in [3.05, 3.63) is 29.0 Å². The van der Waals surface area contributed by atoms with Crippen LogP contribution < -0.4 is 4.74 Å². The van der Waals surface area contributed by atoms with Crippen LogP contribution in [0.15, 0.2) is 12.1 Å². The molecule has 0 heterocycles. The summed E-state index contributed by atoms with van der Waals surface area (Å²) in [7, 11) is 0. The minimum atomic E-state index is -2.97. The van der Waals surface area contributed by atoms with Crippen LogP contribution in [0.25, 0.3) is 0 Å². The smallest absolute Gasteiger partial charge is 0.387 e. The van der Waals surface area contributed by atoms with Gasteiger partial charge in [0.2, 0.25) is 0 Å². The third-order valence-corrected chi connectivity index (χ3v) is 1.33. The Labute approximate surface area is 71.7 Å². The zero-order valence-corrected chi connectivity index (χ0v) is 6.41. The molecule has 0 amide bonds. The van der Waals surface area contributed by atoms with E-state index in [1.165, 1.54) is 0 Å². The number of ether oxygens (including phenoxy) is 1. The molecule has 0 aliphatic heterocycles. The van der Waals surface area contributed by atoms with Gasteiger partial charge in [-0.1, -0.05) is 11.6 Å². The molecule has 0 atom stereocenters. The molecule has 0 fully saturated rings. The predicted octanol–water partition coefficient (Wildman–Crippen LogP) is 2.88. The minimum absolute atomic E-state index is 0.253. The quantitative estimate of drug-likeness (QED) is 0.705. The first kappa shape index (κ1) is 9.19. The molecule has 0 saturated carbocycles. The second-order valence-corrected chi connectivity index (χ2v) is 2.25. The Kier molecular flexibility index (Phi) is 2.81. The summed E-state index contributed by atoms with van der Waals surface area (Å²) in [4.78, 5) is 0. The van der Waals surface area contributed by atoms with Crippen molar-refractivity contribution in [3.8, 4) is 5.75 Å². The highest BCUT2D eigenvalue weighted by Crippen LogP contribution is 2.20. The lowest BCUT2D eigenvalue weighted by Gasteiger charge is -2.03. The Bertz CT molecular complexity index is 277. The van der Waals surface area contributed by atoms with E-state index < -0.39 is 12.4 Å². The molecule has 0 saturated heterocycles. The lowest BCUT2D eigenvalue weighted by molar-refractivity contribution is -0.0500. The summed E-state index contributed by atoms with van der Waals surface area (Å²) in [6.45, 7) is -2.97. The molecular formula is C7H3ClF3O. The van der Waals surface area contributed by atoms with Crippen molar-refractivity contribution < 1.29 is 17.9 Å². The summed E-state index contributed by atoms with van der Waals surface area (Å²) in [6, 6.07) is 4.01. The maximum absolute atomic E-state index is 12.5. The molecule has 0 bridgehead atoms. The van der Waals surface area contributed by atoms with E-state index in [9.17, 15) is 13.2 Å². The second-order valence-electron chi connectivity index (χ2n) is 1.88. The summed E-state index contributed by atoms with van der Waals surface area (Å²) in [5, 5.41) is -0.253. The standard InChI is InChI=1S/C7H3ClF3O/c8-5-2-1-4(3-6(5)9)12-7(10)11/h1,3,7H. The fourth-order valence-electron chi connectivity index (χ4n) is 0.604. The van der Waals surface area contributed by atoms with Gasteiger partial charge in [-0.25, -0.2) is 4.39 Å². The van der Waals surface area contributed by atoms with Crippen LogP contribution in [-0.4, -0.2) is 6.61 Å². The highest BCUT2D eigenvalue weighted by Gasteiger charge is 2.06. The third kappa shape index (κ3) is 2.30. The van der Waals surface area contributed by atoms with Crippen LogP contribution in [0.4, 0.5) is 13.2 Å². The fraction of sp³-hybridized carbons (Fsp3) is 0.143. The van der Waals surface area contributed by atoms with Gasteiger partial charge < -0.3 is 4.74 Å². The van der Waals surface area contributed by atoms with E-state index in [2.05, 4.69) is 10.8 Å². The van der Waals surface area contributed by atoms with Gasteiger partial charge in [0.15, 0.2) is 0 Å². The molecule has 0 N–H and O–H groups in total. The molecule has 65 valence electrons. The summed E-state index contributed by atoms with van der Waals surface area (Å²) in [5.74, 6) is -1.14. The molecule has 1 rings (SSSR count). The van der Waals surface area contributed by atoms with Crippen LogP contribution >= 0.6 is 11.6 Å². The van der Waals surface area contributed by atoms with E-state index in [-0.39, 0.29) is 10.8 Å². The van der Waals surface area contributed by atoms with Crippen LogP contribution in [0.1, 0.15) is 0 Å². The molecule has 5 heteroatoms. The number of benzene rings is 1. The van der Waals surface area contributed by atoms with Crippen LogP contribution in [0.3, 0.4) is 0 Å². The van der Waals surface area contributed by atoms with Gasteiger partial charge in [-0.05, 0) is 6.07 Å². The first-order chi connectivity index (χ1) is 5.59. The number of hydrogen-bond acceptors (Lipinski definition) is 1. The van der Waals surface area contributed by atoms with E-state index in [1.54, 1.807) is 0 Å². The van der Waals surface area contributed by atoms with Crippen molar-refractivity contribution in [1.29, 1.82) is 0 Å². The Morgan fingerprint density at radius 2 is 2.17 bits per heavy atom. The zero-order chi connectivity index (χ0) is 9.14. The number of rotatable bonds is 2. The van der Waals surface area contributed by atoms with Gasteiger partial charge in [0.05, 0.1) is 5.02 Å². The van der Waals surface area contributed by atoms with Gasteiger partial charge in [-0.2, -0.15) is 8.78 Å². The van der Waals surface area contributed by atoms with Crippen molar-refractivity contribution >= 4 is 11.6 Å². The van der Waals surface area contributed by atoms with Crippen LogP contribution in [0.2, 0.25) is 5.02 Å². The molecule has 0 aliphatic carbocycles. The monoisotopic (exact) mass is 195 g/mol. The number of halogens is 4. The summed E-state index contributed by atoms with van der Waals surface area (Å²) < 4.78 is 39.6. The Morgan fingerprint density at radius 1 is 1.50 bits per heavy atom. The molecule has 0 aromatic heterocycles. The molecule has 1 aromatic rings. The van der Waals surface area contributed by atoms with Crippen molar-refractivity contribution in [1.82, 2.24) is 0 Å². The normalized spacial score (nSPS) is 10.4. The Balaban J connectivity index is 2.82. The van der Waals surface area contributed by atoms with Crippen LogP contribution in [0, 0.1) is 11.9 Å². The second kappa shape index (κ2) is 3.67. The number of hydrogen-bond donors (Lipinski definition) is 0. The van der Waals surface area contributed by atoms with E-state index in [4.69, 9.17) is 11.6 Å². The van der Waals surface area contributed by atoms with Gasteiger partial charge in [0, 0.05) is 12.1 Å². The highest BCUT2D eigenvalue weighted by molar-refractivity contribution is 6.30. The van der Waals surface area contributed by atoms with E-state index >= 15 is 0 Å². The van der Waals surface area contributed by atoms with Gasteiger partial charge in [-0.15, -0.1) is 0 Å². The van der Waals surface area contributed by atoms with E-state index in [1.807, 2.05) is 0 Å². The topological polar surface area (TPSA) is 9.23 Å². The third-order valence-electron chi connectivity index (χ3n) is 1.04. The van der Waals surface area contributed by atoms with Gasteiger partial charge in [0.25, 0.3) is 0 Å². The molecule has 0 unspecified atom stereocenters. The lowest BCUT2D eigenvalue weighted by Crippen LogP contribution is -2.01. The average molecular weight is 196 g/mol. The SMILES string of the molecule is Fc1cc(OC(F)F)c[c]c1Cl. The minimum Gasteiger partial charge on any atom is -0.435 e. The zero-order valence-electron chi connectivity index (χ0n) is 5.65. The van der Waals surface area contributed by atoms with Crippen molar-refractivity contribution in [2.75, 3.05) is 0 Å². The van der Waals surface area contributed by atoms with Crippen molar-refractivity contribution in [2.45, 2.75) is 6.61 Å². The largest absolute Gasteiger partial charge is 0.435 e. The maximum Gasteiger partial charge on any atom is 0.387 e. The van der Waals surface area contributed by atoms with E-state index in [0.29, 0.717) is 0 Å². The summed E-state index contributed by atoms with van der Waals surface area (Å²) in [5.41, 5.74) is 0. The molecule has 1 radical (unpaired) electrons.